The predicted octanol–water partition coefficient (Wildman–Crippen LogP) is 6.68. The standard InChI is InChI=1S/C21H27NO4.C2H6.CH4/c1-3-4-8-18-11-13-20(14-12-18)26-17(2)24-15-16-25-21(23)22-19-9-6-5-7-10-19;1-2;/h5-7,9-14,17H,3-4,8,15-16H2,1-2H3,(H,22,23);1-2H3;1H4. The zero-order valence-electron chi connectivity index (χ0n) is 17.4. The van der Waals surface area contributed by atoms with Gasteiger partial charge >= 0.3 is 6.09 Å². The van der Waals surface area contributed by atoms with Gasteiger partial charge in [-0.05, 0) is 49.6 Å². The molecule has 0 aliphatic carbocycles. The molecule has 0 aliphatic rings. The number of hydrogen-bond acceptors (Lipinski definition) is 4. The van der Waals surface area contributed by atoms with Crippen molar-refractivity contribution in [1.29, 1.82) is 0 Å². The van der Waals surface area contributed by atoms with Crippen molar-refractivity contribution < 1.29 is 19.0 Å². The van der Waals surface area contributed by atoms with Gasteiger partial charge in [0, 0.05) is 5.69 Å². The second-order valence-corrected chi connectivity index (χ2v) is 5.93. The number of hydrogen-bond donors (Lipinski definition) is 1. The molecular formula is C24H37NO4. The van der Waals surface area contributed by atoms with Crippen LogP contribution in [0.2, 0.25) is 0 Å². The molecule has 0 saturated heterocycles. The van der Waals surface area contributed by atoms with Crippen LogP contribution < -0.4 is 10.1 Å². The molecule has 0 radical (unpaired) electrons. The Kier molecular flexibility index (Phi) is 15.0. The van der Waals surface area contributed by atoms with Gasteiger partial charge in [-0.2, -0.15) is 0 Å². The van der Waals surface area contributed by atoms with Gasteiger partial charge in [0.1, 0.15) is 12.4 Å². The molecule has 162 valence electrons. The van der Waals surface area contributed by atoms with Crippen molar-refractivity contribution in [3.05, 3.63) is 60.2 Å². The zero-order valence-corrected chi connectivity index (χ0v) is 17.4. The summed E-state index contributed by atoms with van der Waals surface area (Å²) in [6, 6.07) is 17.2. The van der Waals surface area contributed by atoms with Crippen LogP contribution >= 0.6 is 0 Å². The Morgan fingerprint density at radius 3 is 2.28 bits per heavy atom. The van der Waals surface area contributed by atoms with Crippen molar-refractivity contribution in [1.82, 2.24) is 0 Å². The number of amides is 1. The van der Waals surface area contributed by atoms with Crippen molar-refractivity contribution in [2.24, 2.45) is 0 Å². The number of carbonyl (C=O) groups excluding carboxylic acids is 1. The summed E-state index contributed by atoms with van der Waals surface area (Å²) in [5.74, 6) is 0.764. The number of rotatable bonds is 10. The van der Waals surface area contributed by atoms with Gasteiger partial charge in [0.25, 0.3) is 0 Å². The molecular weight excluding hydrogens is 366 g/mol. The van der Waals surface area contributed by atoms with Crippen LogP contribution in [-0.4, -0.2) is 25.6 Å². The fourth-order valence-corrected chi connectivity index (χ4v) is 2.37. The smallest absolute Gasteiger partial charge is 0.411 e. The van der Waals surface area contributed by atoms with Crippen molar-refractivity contribution in [3.63, 3.8) is 0 Å². The first-order valence-electron chi connectivity index (χ1n) is 10.0. The number of ether oxygens (including phenoxy) is 3. The molecule has 2 aromatic carbocycles. The summed E-state index contributed by atoms with van der Waals surface area (Å²) in [4.78, 5) is 11.6. The number of aryl methyl sites for hydroxylation is 1. The Morgan fingerprint density at radius 1 is 1.00 bits per heavy atom. The maximum Gasteiger partial charge on any atom is 0.411 e. The average molecular weight is 404 g/mol. The van der Waals surface area contributed by atoms with Crippen LogP contribution in [0.1, 0.15) is 53.5 Å². The van der Waals surface area contributed by atoms with Crippen LogP contribution in [0.15, 0.2) is 54.6 Å². The minimum Gasteiger partial charge on any atom is -0.465 e. The number of carbonyl (C=O) groups is 1. The Labute approximate surface area is 176 Å². The monoisotopic (exact) mass is 403 g/mol. The van der Waals surface area contributed by atoms with Gasteiger partial charge in [0.15, 0.2) is 6.29 Å². The van der Waals surface area contributed by atoms with E-state index in [4.69, 9.17) is 14.2 Å². The van der Waals surface area contributed by atoms with E-state index in [1.54, 1.807) is 12.1 Å². The SMILES string of the molecule is C.CC.CCCCc1ccc(OC(C)OCCOC(=O)Nc2ccccc2)cc1. The van der Waals surface area contributed by atoms with E-state index in [0.717, 1.165) is 12.2 Å². The van der Waals surface area contributed by atoms with Crippen molar-refractivity contribution >= 4 is 11.8 Å². The highest BCUT2D eigenvalue weighted by atomic mass is 16.7. The third-order valence-corrected chi connectivity index (χ3v) is 3.73. The van der Waals surface area contributed by atoms with Crippen molar-refractivity contribution in [3.8, 4) is 5.75 Å². The van der Waals surface area contributed by atoms with E-state index in [2.05, 4.69) is 24.4 Å². The largest absolute Gasteiger partial charge is 0.465 e. The molecule has 0 heterocycles. The highest BCUT2D eigenvalue weighted by Crippen LogP contribution is 2.15. The molecule has 1 atom stereocenters. The lowest BCUT2D eigenvalue weighted by Crippen LogP contribution is -2.21. The van der Waals surface area contributed by atoms with E-state index >= 15 is 0 Å². The van der Waals surface area contributed by atoms with Gasteiger partial charge < -0.3 is 14.2 Å². The van der Waals surface area contributed by atoms with E-state index in [-0.39, 0.29) is 20.6 Å². The van der Waals surface area contributed by atoms with Crippen LogP contribution in [0.5, 0.6) is 5.75 Å². The van der Waals surface area contributed by atoms with Crippen molar-refractivity contribution in [2.45, 2.75) is 60.7 Å². The summed E-state index contributed by atoms with van der Waals surface area (Å²) in [6.07, 6.45) is 2.55. The molecule has 2 aromatic rings. The van der Waals surface area contributed by atoms with Gasteiger partial charge in [0.05, 0.1) is 6.61 Å². The molecule has 29 heavy (non-hydrogen) atoms. The summed E-state index contributed by atoms with van der Waals surface area (Å²) in [5.41, 5.74) is 2.00. The summed E-state index contributed by atoms with van der Waals surface area (Å²) >= 11 is 0. The zero-order chi connectivity index (χ0) is 20.6. The molecule has 0 saturated carbocycles. The number of nitrogens with one attached hydrogen (secondary N) is 1. The van der Waals surface area contributed by atoms with Gasteiger partial charge in [-0.3, -0.25) is 5.32 Å². The molecule has 0 bridgehead atoms. The molecule has 0 spiro atoms. The average Bonchev–Trinajstić information content (AvgIpc) is 2.73. The second-order valence-electron chi connectivity index (χ2n) is 5.93. The number of benzene rings is 2. The summed E-state index contributed by atoms with van der Waals surface area (Å²) in [7, 11) is 0. The van der Waals surface area contributed by atoms with E-state index < -0.39 is 12.4 Å². The minimum atomic E-state index is -0.504. The normalized spacial score (nSPS) is 10.6. The number of anilines is 1. The molecule has 0 fully saturated rings. The van der Waals surface area contributed by atoms with E-state index in [9.17, 15) is 4.79 Å². The van der Waals surface area contributed by atoms with Crippen molar-refractivity contribution in [2.75, 3.05) is 18.5 Å². The van der Waals surface area contributed by atoms with Gasteiger partial charge in [0.2, 0.25) is 0 Å². The minimum absolute atomic E-state index is 0. The second kappa shape index (κ2) is 16.4. The first-order valence-corrected chi connectivity index (χ1v) is 10.0. The molecule has 0 aliphatic heterocycles. The highest BCUT2D eigenvalue weighted by molar-refractivity contribution is 5.84. The first kappa shape index (κ1) is 26.5. The Bertz CT molecular complexity index is 644. The molecule has 1 N–H and O–H groups in total. The summed E-state index contributed by atoms with van der Waals surface area (Å²) in [5, 5.41) is 2.64. The quantitative estimate of drug-likeness (QED) is 0.355. The molecule has 5 nitrogen and oxygen atoms in total. The fraction of sp³-hybridized carbons (Fsp3) is 0.458. The van der Waals surface area contributed by atoms with Gasteiger partial charge in [-0.25, -0.2) is 4.79 Å². The van der Waals surface area contributed by atoms with Gasteiger partial charge in [-0.1, -0.05) is 65.0 Å². The maximum absolute atomic E-state index is 11.6. The van der Waals surface area contributed by atoms with Crippen LogP contribution in [-0.2, 0) is 15.9 Å². The third kappa shape index (κ3) is 11.8. The van der Waals surface area contributed by atoms with Gasteiger partial charge in [-0.15, -0.1) is 0 Å². The van der Waals surface area contributed by atoms with E-state index in [1.807, 2.05) is 51.1 Å². The molecule has 2 rings (SSSR count). The van der Waals surface area contributed by atoms with Crippen LogP contribution in [0.25, 0.3) is 0 Å². The fourth-order valence-electron chi connectivity index (χ4n) is 2.37. The summed E-state index contributed by atoms with van der Waals surface area (Å²) < 4.78 is 16.3. The lowest BCUT2D eigenvalue weighted by Gasteiger charge is -2.16. The Balaban J connectivity index is 0.00000253. The topological polar surface area (TPSA) is 56.8 Å². The molecule has 1 amide bonds. The third-order valence-electron chi connectivity index (χ3n) is 3.73. The van der Waals surface area contributed by atoms with Crippen LogP contribution in [0.4, 0.5) is 10.5 Å². The highest BCUT2D eigenvalue weighted by Gasteiger charge is 2.06. The summed E-state index contributed by atoms with van der Waals surface area (Å²) in [6.45, 7) is 8.42. The Hall–Kier alpha value is -2.53. The number of unbranched alkanes of at least 4 members (excludes halogenated alkanes) is 1. The molecule has 5 heteroatoms. The number of para-hydroxylation sites is 1. The lowest BCUT2D eigenvalue weighted by atomic mass is 10.1. The van der Waals surface area contributed by atoms with Crippen LogP contribution in [0.3, 0.4) is 0 Å². The maximum atomic E-state index is 11.6. The van der Waals surface area contributed by atoms with Crippen LogP contribution in [0, 0.1) is 0 Å². The predicted molar refractivity (Wildman–Crippen MR) is 121 cm³/mol. The molecule has 0 aromatic heterocycles. The lowest BCUT2D eigenvalue weighted by molar-refractivity contribution is -0.0765. The first-order chi connectivity index (χ1) is 13.7. The van der Waals surface area contributed by atoms with E-state index in [0.29, 0.717) is 5.69 Å². The molecule has 1 unspecified atom stereocenters. The van der Waals surface area contributed by atoms with E-state index in [1.165, 1.54) is 18.4 Å². The Morgan fingerprint density at radius 2 is 1.66 bits per heavy atom.